The minimum atomic E-state index is -0.499. The molecule has 1 amide bonds. The van der Waals surface area contributed by atoms with Crippen LogP contribution in [0.25, 0.3) is 0 Å². The molecule has 24 heavy (non-hydrogen) atoms. The van der Waals surface area contributed by atoms with E-state index in [-0.39, 0.29) is 5.41 Å². The first-order valence-corrected chi connectivity index (χ1v) is 8.76. The number of hydrogen-bond donors (Lipinski definition) is 2. The zero-order chi connectivity index (χ0) is 17.8. The molecule has 1 saturated heterocycles. The van der Waals surface area contributed by atoms with Gasteiger partial charge in [0.05, 0.1) is 0 Å². The average Bonchev–Trinajstić information content (AvgIpc) is 3.05. The Bertz CT molecular complexity index is 545. The number of nitrogens with zero attached hydrogens (tertiary/aromatic N) is 1. The molecule has 0 bridgehead atoms. The second kappa shape index (κ2) is 7.43. The maximum absolute atomic E-state index is 11.9. The first-order valence-electron chi connectivity index (χ1n) is 8.76. The molecule has 1 aliphatic heterocycles. The Hall–Kier alpha value is -1.75. The number of anilines is 1. The van der Waals surface area contributed by atoms with Crippen LogP contribution in [-0.4, -0.2) is 37.9 Å². The smallest absolute Gasteiger partial charge is 0.407 e. The molecule has 0 saturated carbocycles. The van der Waals surface area contributed by atoms with Crippen LogP contribution in [0.5, 0.6) is 0 Å². The number of nitrogens with two attached hydrogens (primary N) is 1. The molecule has 5 nitrogen and oxygen atoms in total. The summed E-state index contributed by atoms with van der Waals surface area (Å²) in [5.41, 5.74) is 7.58. The van der Waals surface area contributed by atoms with Crippen molar-refractivity contribution >= 4 is 11.8 Å². The number of ether oxygens (including phenoxy) is 1. The van der Waals surface area contributed by atoms with Crippen LogP contribution in [-0.2, 0) is 10.2 Å². The van der Waals surface area contributed by atoms with Crippen molar-refractivity contribution in [3.8, 4) is 0 Å². The van der Waals surface area contributed by atoms with Gasteiger partial charge < -0.3 is 20.7 Å². The van der Waals surface area contributed by atoms with Gasteiger partial charge in [-0.3, -0.25) is 0 Å². The van der Waals surface area contributed by atoms with E-state index >= 15 is 0 Å². The Balaban J connectivity index is 2.01. The summed E-state index contributed by atoms with van der Waals surface area (Å²) in [5.74, 6) is 0. The van der Waals surface area contributed by atoms with E-state index in [1.54, 1.807) is 0 Å². The largest absolute Gasteiger partial charge is 0.444 e. The van der Waals surface area contributed by atoms with Gasteiger partial charge in [0, 0.05) is 37.3 Å². The lowest BCUT2D eigenvalue weighted by Crippen LogP contribution is -2.45. The summed E-state index contributed by atoms with van der Waals surface area (Å²) in [6, 6.07) is 8.55. The van der Waals surface area contributed by atoms with Crippen molar-refractivity contribution in [3.05, 3.63) is 29.8 Å². The van der Waals surface area contributed by atoms with Crippen LogP contribution < -0.4 is 16.0 Å². The highest BCUT2D eigenvalue weighted by molar-refractivity contribution is 5.68. The monoisotopic (exact) mass is 333 g/mol. The van der Waals surface area contributed by atoms with Crippen LogP contribution in [0.1, 0.15) is 46.1 Å². The molecule has 1 fully saturated rings. The molecule has 1 unspecified atom stereocenters. The van der Waals surface area contributed by atoms with Crippen molar-refractivity contribution < 1.29 is 9.53 Å². The molecular weight excluding hydrogens is 302 g/mol. The van der Waals surface area contributed by atoms with E-state index in [1.165, 1.54) is 18.5 Å². The maximum Gasteiger partial charge on any atom is 0.407 e. The zero-order valence-electron chi connectivity index (χ0n) is 15.4. The topological polar surface area (TPSA) is 67.6 Å². The van der Waals surface area contributed by atoms with E-state index < -0.39 is 11.7 Å². The summed E-state index contributed by atoms with van der Waals surface area (Å²) < 4.78 is 5.30. The number of benzene rings is 1. The minimum Gasteiger partial charge on any atom is -0.444 e. The Kier molecular flexibility index (Phi) is 5.75. The van der Waals surface area contributed by atoms with E-state index in [2.05, 4.69) is 41.4 Å². The van der Waals surface area contributed by atoms with E-state index in [0.29, 0.717) is 13.1 Å². The van der Waals surface area contributed by atoms with Crippen LogP contribution >= 0.6 is 0 Å². The highest BCUT2D eigenvalue weighted by Gasteiger charge is 2.27. The molecule has 1 heterocycles. The molecule has 1 aliphatic rings. The third-order valence-corrected chi connectivity index (χ3v) is 4.51. The lowest BCUT2D eigenvalue weighted by Gasteiger charge is -2.30. The average molecular weight is 333 g/mol. The van der Waals surface area contributed by atoms with Crippen LogP contribution in [0.15, 0.2) is 24.3 Å². The van der Waals surface area contributed by atoms with Crippen molar-refractivity contribution in [1.29, 1.82) is 0 Å². The molecule has 1 aromatic rings. The van der Waals surface area contributed by atoms with Gasteiger partial charge in [0.15, 0.2) is 0 Å². The van der Waals surface area contributed by atoms with Gasteiger partial charge in [0.25, 0.3) is 0 Å². The van der Waals surface area contributed by atoms with Crippen LogP contribution in [0.4, 0.5) is 10.5 Å². The Morgan fingerprint density at radius 1 is 1.17 bits per heavy atom. The van der Waals surface area contributed by atoms with Gasteiger partial charge in [-0.05, 0) is 51.3 Å². The fraction of sp³-hybridized carbons (Fsp3) is 0.632. The lowest BCUT2D eigenvalue weighted by atomic mass is 9.82. The van der Waals surface area contributed by atoms with Gasteiger partial charge in [-0.1, -0.05) is 19.1 Å². The van der Waals surface area contributed by atoms with Gasteiger partial charge in [0.2, 0.25) is 0 Å². The highest BCUT2D eigenvalue weighted by atomic mass is 16.6. The normalized spacial score (nSPS) is 17.5. The van der Waals surface area contributed by atoms with E-state index in [4.69, 9.17) is 10.5 Å². The van der Waals surface area contributed by atoms with Crippen molar-refractivity contribution in [2.24, 2.45) is 5.73 Å². The number of amides is 1. The standard InChI is InChI=1S/C19H31N3O2/c1-18(2,3)24-17(23)21-14-19(4,13-20)15-7-9-16(10-8-15)22-11-5-6-12-22/h7-10H,5-6,11-14,20H2,1-4H3,(H,21,23). The predicted octanol–water partition coefficient (Wildman–Crippen LogP) is 3.03. The summed E-state index contributed by atoms with van der Waals surface area (Å²) in [7, 11) is 0. The third-order valence-electron chi connectivity index (χ3n) is 4.51. The Morgan fingerprint density at radius 2 is 1.75 bits per heavy atom. The second-order valence-corrected chi connectivity index (χ2v) is 7.86. The van der Waals surface area contributed by atoms with E-state index in [9.17, 15) is 4.79 Å². The quantitative estimate of drug-likeness (QED) is 0.869. The van der Waals surface area contributed by atoms with Crippen LogP contribution in [0.2, 0.25) is 0 Å². The number of hydrogen-bond acceptors (Lipinski definition) is 4. The van der Waals surface area contributed by atoms with Gasteiger partial charge in [-0.2, -0.15) is 0 Å². The molecule has 2 rings (SSSR count). The molecule has 5 heteroatoms. The summed E-state index contributed by atoms with van der Waals surface area (Å²) >= 11 is 0. The van der Waals surface area contributed by atoms with Crippen molar-refractivity contribution in [2.45, 2.75) is 51.6 Å². The molecule has 1 aromatic carbocycles. The molecule has 134 valence electrons. The van der Waals surface area contributed by atoms with Crippen LogP contribution in [0, 0.1) is 0 Å². The Morgan fingerprint density at radius 3 is 2.25 bits per heavy atom. The Labute approximate surface area is 145 Å². The fourth-order valence-electron chi connectivity index (χ4n) is 2.92. The molecule has 0 aromatic heterocycles. The SMILES string of the molecule is CC(C)(C)OC(=O)NCC(C)(CN)c1ccc(N2CCCC2)cc1. The predicted molar refractivity (Wildman–Crippen MR) is 98.5 cm³/mol. The molecular formula is C19H31N3O2. The molecule has 0 aliphatic carbocycles. The van der Waals surface area contributed by atoms with Gasteiger partial charge in [0.1, 0.15) is 5.60 Å². The molecule has 0 radical (unpaired) electrons. The van der Waals surface area contributed by atoms with E-state index in [1.807, 2.05) is 20.8 Å². The second-order valence-electron chi connectivity index (χ2n) is 7.86. The van der Waals surface area contributed by atoms with E-state index in [0.717, 1.165) is 18.7 Å². The summed E-state index contributed by atoms with van der Waals surface area (Å²) in [4.78, 5) is 14.3. The highest BCUT2D eigenvalue weighted by Crippen LogP contribution is 2.26. The number of rotatable bonds is 5. The first kappa shape index (κ1) is 18.6. The molecule has 0 spiro atoms. The summed E-state index contributed by atoms with van der Waals surface area (Å²) in [5, 5.41) is 2.85. The van der Waals surface area contributed by atoms with Gasteiger partial charge in [-0.25, -0.2) is 4.79 Å². The van der Waals surface area contributed by atoms with Gasteiger partial charge in [-0.15, -0.1) is 0 Å². The van der Waals surface area contributed by atoms with Crippen molar-refractivity contribution in [2.75, 3.05) is 31.1 Å². The third kappa shape index (κ3) is 4.87. The van der Waals surface area contributed by atoms with Crippen molar-refractivity contribution in [1.82, 2.24) is 5.32 Å². The lowest BCUT2D eigenvalue weighted by molar-refractivity contribution is 0.0516. The minimum absolute atomic E-state index is 0.319. The first-order chi connectivity index (χ1) is 11.2. The molecule has 3 N–H and O–H groups in total. The number of carbonyl (C=O) groups is 1. The van der Waals surface area contributed by atoms with Crippen LogP contribution in [0.3, 0.4) is 0 Å². The maximum atomic E-state index is 11.9. The molecule has 1 atom stereocenters. The number of alkyl carbamates (subject to hydrolysis) is 1. The summed E-state index contributed by atoms with van der Waals surface area (Å²) in [6.07, 6.45) is 2.13. The fourth-order valence-corrected chi connectivity index (χ4v) is 2.92. The summed E-state index contributed by atoms with van der Waals surface area (Å²) in [6.45, 7) is 10.8. The zero-order valence-corrected chi connectivity index (χ0v) is 15.4. The van der Waals surface area contributed by atoms with Gasteiger partial charge >= 0.3 is 6.09 Å². The number of nitrogens with one attached hydrogen (secondary N) is 1. The van der Waals surface area contributed by atoms with Crippen molar-refractivity contribution in [3.63, 3.8) is 0 Å². The number of carbonyl (C=O) groups excluding carboxylic acids is 1.